The van der Waals surface area contributed by atoms with Crippen molar-refractivity contribution in [3.05, 3.63) is 42.6 Å². The van der Waals surface area contributed by atoms with Crippen LogP contribution in [0.5, 0.6) is 0 Å². The molecule has 2 aromatic rings. The third-order valence-corrected chi connectivity index (χ3v) is 2.35. The van der Waals surface area contributed by atoms with Gasteiger partial charge < -0.3 is 9.15 Å². The highest BCUT2D eigenvalue weighted by Crippen LogP contribution is 2.07. The van der Waals surface area contributed by atoms with E-state index in [-0.39, 0.29) is 11.9 Å². The fourth-order valence-electron chi connectivity index (χ4n) is 1.44. The van der Waals surface area contributed by atoms with Gasteiger partial charge in [-0.15, -0.1) is 0 Å². The number of ether oxygens (including phenoxy) is 1. The molecule has 90 valence electrons. The van der Waals surface area contributed by atoms with E-state index < -0.39 is 5.97 Å². The van der Waals surface area contributed by atoms with Crippen molar-refractivity contribution in [3.63, 3.8) is 0 Å². The van der Waals surface area contributed by atoms with Gasteiger partial charge in [0, 0.05) is 25.4 Å². The maximum absolute atomic E-state index is 11.5. The summed E-state index contributed by atoms with van der Waals surface area (Å²) in [6, 6.07) is 5.10. The van der Waals surface area contributed by atoms with E-state index in [0.29, 0.717) is 6.42 Å². The lowest BCUT2D eigenvalue weighted by Gasteiger charge is -2.11. The Morgan fingerprint density at radius 3 is 3.12 bits per heavy atom. The SMILES string of the molecule is CC(CCn1cccn1)OC(=O)c1ccco1. The molecule has 2 heterocycles. The highest BCUT2D eigenvalue weighted by molar-refractivity contribution is 5.86. The number of nitrogens with zero attached hydrogens (tertiary/aromatic N) is 2. The molecule has 0 saturated heterocycles. The second-order valence-corrected chi connectivity index (χ2v) is 3.75. The molecule has 2 aromatic heterocycles. The normalized spacial score (nSPS) is 12.3. The van der Waals surface area contributed by atoms with Crippen LogP contribution >= 0.6 is 0 Å². The molecule has 0 spiro atoms. The third kappa shape index (κ3) is 3.21. The van der Waals surface area contributed by atoms with E-state index in [1.807, 2.05) is 19.2 Å². The van der Waals surface area contributed by atoms with Gasteiger partial charge in [0.25, 0.3) is 0 Å². The smallest absolute Gasteiger partial charge is 0.374 e. The van der Waals surface area contributed by atoms with Crippen molar-refractivity contribution in [2.75, 3.05) is 0 Å². The minimum Gasteiger partial charge on any atom is -0.457 e. The average Bonchev–Trinajstić information content (AvgIpc) is 2.99. The molecule has 17 heavy (non-hydrogen) atoms. The molecule has 5 heteroatoms. The summed E-state index contributed by atoms with van der Waals surface area (Å²) >= 11 is 0. The predicted molar refractivity (Wildman–Crippen MR) is 60.4 cm³/mol. The second-order valence-electron chi connectivity index (χ2n) is 3.75. The number of aromatic nitrogens is 2. The van der Waals surface area contributed by atoms with Crippen LogP contribution in [-0.4, -0.2) is 21.9 Å². The van der Waals surface area contributed by atoms with Crippen LogP contribution in [0.2, 0.25) is 0 Å². The van der Waals surface area contributed by atoms with E-state index in [2.05, 4.69) is 5.10 Å². The highest BCUT2D eigenvalue weighted by Gasteiger charge is 2.14. The molecule has 0 aliphatic rings. The molecule has 0 aliphatic carbocycles. The van der Waals surface area contributed by atoms with Crippen LogP contribution in [-0.2, 0) is 11.3 Å². The second kappa shape index (κ2) is 5.34. The molecule has 0 aromatic carbocycles. The molecule has 0 aliphatic heterocycles. The number of aryl methyl sites for hydroxylation is 1. The summed E-state index contributed by atoms with van der Waals surface area (Å²) in [4.78, 5) is 11.5. The Bertz CT molecular complexity index is 448. The van der Waals surface area contributed by atoms with Crippen LogP contribution in [0.4, 0.5) is 0 Å². The van der Waals surface area contributed by atoms with Crippen molar-refractivity contribution in [1.29, 1.82) is 0 Å². The number of hydrogen-bond acceptors (Lipinski definition) is 4. The molecule has 5 nitrogen and oxygen atoms in total. The van der Waals surface area contributed by atoms with Crippen LogP contribution in [0.1, 0.15) is 23.9 Å². The molecule has 0 N–H and O–H groups in total. The summed E-state index contributed by atoms with van der Waals surface area (Å²) in [5.74, 6) is -0.195. The van der Waals surface area contributed by atoms with E-state index in [1.165, 1.54) is 6.26 Å². The number of furan rings is 1. The van der Waals surface area contributed by atoms with Gasteiger partial charge in [-0.3, -0.25) is 4.68 Å². The van der Waals surface area contributed by atoms with Crippen molar-refractivity contribution in [2.45, 2.75) is 26.0 Å². The predicted octanol–water partition coefficient (Wildman–Crippen LogP) is 2.11. The highest BCUT2D eigenvalue weighted by atomic mass is 16.6. The molecule has 1 atom stereocenters. The summed E-state index contributed by atoms with van der Waals surface area (Å²) in [5.41, 5.74) is 0. The van der Waals surface area contributed by atoms with E-state index in [1.54, 1.807) is 23.0 Å². The summed E-state index contributed by atoms with van der Waals surface area (Å²) in [7, 11) is 0. The largest absolute Gasteiger partial charge is 0.457 e. The lowest BCUT2D eigenvalue weighted by molar-refractivity contribution is 0.0278. The quantitative estimate of drug-likeness (QED) is 0.743. The first-order valence-electron chi connectivity index (χ1n) is 5.47. The van der Waals surface area contributed by atoms with Crippen molar-refractivity contribution >= 4 is 5.97 Å². The molecular weight excluding hydrogens is 220 g/mol. The van der Waals surface area contributed by atoms with Crippen LogP contribution < -0.4 is 0 Å². The standard InChI is InChI=1S/C12H14N2O3/c1-10(5-8-14-7-3-6-13-14)17-12(15)11-4-2-9-16-11/h2-4,6-7,9-10H,5,8H2,1H3. The molecule has 1 unspecified atom stereocenters. The molecular formula is C12H14N2O3. The first-order chi connectivity index (χ1) is 8.25. The Kier molecular flexibility index (Phi) is 3.59. The number of esters is 1. The van der Waals surface area contributed by atoms with Crippen molar-refractivity contribution in [3.8, 4) is 0 Å². The van der Waals surface area contributed by atoms with E-state index >= 15 is 0 Å². The zero-order valence-electron chi connectivity index (χ0n) is 9.57. The number of carbonyl (C=O) groups is 1. The van der Waals surface area contributed by atoms with E-state index in [0.717, 1.165) is 6.54 Å². The third-order valence-electron chi connectivity index (χ3n) is 2.35. The first-order valence-corrected chi connectivity index (χ1v) is 5.47. The van der Waals surface area contributed by atoms with E-state index in [4.69, 9.17) is 9.15 Å². The van der Waals surface area contributed by atoms with Gasteiger partial charge in [-0.05, 0) is 25.1 Å². The number of hydrogen-bond donors (Lipinski definition) is 0. The van der Waals surface area contributed by atoms with Crippen LogP contribution in [0.3, 0.4) is 0 Å². The zero-order valence-corrected chi connectivity index (χ0v) is 9.57. The zero-order chi connectivity index (χ0) is 12.1. The van der Waals surface area contributed by atoms with Gasteiger partial charge in [-0.2, -0.15) is 5.10 Å². The lowest BCUT2D eigenvalue weighted by Crippen LogP contribution is -2.17. The Morgan fingerprint density at radius 1 is 1.59 bits per heavy atom. The Hall–Kier alpha value is -2.04. The summed E-state index contributed by atoms with van der Waals surface area (Å²) in [6.07, 6.45) is 5.59. The van der Waals surface area contributed by atoms with Crippen LogP contribution in [0.25, 0.3) is 0 Å². The van der Waals surface area contributed by atoms with Gasteiger partial charge in [0.05, 0.1) is 6.26 Å². The number of carbonyl (C=O) groups excluding carboxylic acids is 1. The molecule has 0 saturated carbocycles. The minimum absolute atomic E-state index is 0.170. The molecule has 0 fully saturated rings. The van der Waals surface area contributed by atoms with Gasteiger partial charge in [0.15, 0.2) is 0 Å². The first kappa shape index (κ1) is 11.4. The maximum atomic E-state index is 11.5. The monoisotopic (exact) mass is 234 g/mol. The summed E-state index contributed by atoms with van der Waals surface area (Å²) < 4.78 is 12.0. The van der Waals surface area contributed by atoms with Gasteiger partial charge in [0.2, 0.25) is 5.76 Å². The van der Waals surface area contributed by atoms with Crippen molar-refractivity contribution < 1.29 is 13.9 Å². The van der Waals surface area contributed by atoms with Crippen LogP contribution in [0.15, 0.2) is 41.3 Å². The van der Waals surface area contributed by atoms with Crippen molar-refractivity contribution in [1.82, 2.24) is 9.78 Å². The van der Waals surface area contributed by atoms with Gasteiger partial charge in [-0.1, -0.05) is 0 Å². The molecule has 0 amide bonds. The van der Waals surface area contributed by atoms with Gasteiger partial charge in [0.1, 0.15) is 6.10 Å². The van der Waals surface area contributed by atoms with Gasteiger partial charge >= 0.3 is 5.97 Å². The maximum Gasteiger partial charge on any atom is 0.374 e. The number of rotatable bonds is 5. The topological polar surface area (TPSA) is 57.3 Å². The Labute approximate surface area is 99.0 Å². The summed E-state index contributed by atoms with van der Waals surface area (Å²) in [5, 5.41) is 4.07. The van der Waals surface area contributed by atoms with Crippen LogP contribution in [0, 0.1) is 0 Å². The molecule has 0 radical (unpaired) electrons. The lowest BCUT2D eigenvalue weighted by atomic mass is 10.3. The Morgan fingerprint density at radius 2 is 2.47 bits per heavy atom. The molecule has 0 bridgehead atoms. The van der Waals surface area contributed by atoms with Crippen molar-refractivity contribution in [2.24, 2.45) is 0 Å². The fraction of sp³-hybridized carbons (Fsp3) is 0.333. The van der Waals surface area contributed by atoms with Gasteiger partial charge in [-0.25, -0.2) is 4.79 Å². The Balaban J connectivity index is 1.77. The summed E-state index contributed by atoms with van der Waals surface area (Å²) in [6.45, 7) is 2.57. The minimum atomic E-state index is -0.428. The average molecular weight is 234 g/mol. The fourth-order valence-corrected chi connectivity index (χ4v) is 1.44. The van der Waals surface area contributed by atoms with E-state index in [9.17, 15) is 4.79 Å². The molecule has 2 rings (SSSR count).